The Balaban J connectivity index is 1.89. The maximum atomic E-state index is 12.9. The summed E-state index contributed by atoms with van der Waals surface area (Å²) in [6, 6.07) is 22.8. The van der Waals surface area contributed by atoms with Crippen molar-refractivity contribution in [3.05, 3.63) is 96.6 Å². The van der Waals surface area contributed by atoms with Gasteiger partial charge in [-0.3, -0.25) is 5.32 Å². The van der Waals surface area contributed by atoms with Gasteiger partial charge < -0.3 is 24.4 Å². The Morgan fingerprint density at radius 3 is 2.28 bits per heavy atom. The molecule has 0 bridgehead atoms. The first-order valence-corrected chi connectivity index (χ1v) is 12.3. The first-order valence-electron chi connectivity index (χ1n) is 11.1. The Hall–Kier alpha value is -3.95. The van der Waals surface area contributed by atoms with Gasteiger partial charge in [-0.1, -0.05) is 30.3 Å². The van der Waals surface area contributed by atoms with E-state index in [1.165, 1.54) is 6.08 Å². The lowest BCUT2D eigenvalue weighted by Gasteiger charge is -2.26. The molecule has 0 aromatic heterocycles. The van der Waals surface area contributed by atoms with Crippen LogP contribution < -0.4 is 14.8 Å². The summed E-state index contributed by atoms with van der Waals surface area (Å²) in [7, 11) is 0. The highest BCUT2D eigenvalue weighted by Crippen LogP contribution is 2.29. The molecule has 8 nitrogen and oxygen atoms in total. The first-order chi connectivity index (χ1) is 17.5. The predicted molar refractivity (Wildman–Crippen MR) is 138 cm³/mol. The number of carboxylic acid groups (broad SMARTS) is 1. The third kappa shape index (κ3) is 8.37. The van der Waals surface area contributed by atoms with E-state index in [4.69, 9.17) is 19.3 Å². The molecule has 0 radical (unpaired) electrons. The number of nitrogens with one attached hydrogen (secondary N) is 1. The van der Waals surface area contributed by atoms with Crippen molar-refractivity contribution in [1.82, 2.24) is 0 Å². The number of thioether (sulfide) groups is 1. The van der Waals surface area contributed by atoms with Gasteiger partial charge in [0, 0.05) is 16.7 Å². The Labute approximate surface area is 213 Å². The zero-order valence-corrected chi connectivity index (χ0v) is 20.4. The average Bonchev–Trinajstić information content (AvgIpc) is 2.90. The minimum absolute atomic E-state index is 0.126. The van der Waals surface area contributed by atoms with Crippen LogP contribution in [0.2, 0.25) is 0 Å². The van der Waals surface area contributed by atoms with Crippen molar-refractivity contribution in [3.63, 3.8) is 0 Å². The molecule has 3 aromatic carbocycles. The number of aliphatic carboxylic acids is 1. The highest BCUT2D eigenvalue weighted by atomic mass is 32.2. The van der Waals surface area contributed by atoms with Gasteiger partial charge in [-0.2, -0.15) is 0 Å². The number of aliphatic hydroxyl groups is 1. The number of rotatable bonds is 12. The summed E-state index contributed by atoms with van der Waals surface area (Å²) < 4.78 is 17.2. The van der Waals surface area contributed by atoms with Crippen LogP contribution in [0.5, 0.6) is 11.5 Å². The lowest BCUT2D eigenvalue weighted by atomic mass is 10.0. The second kappa shape index (κ2) is 13.8. The van der Waals surface area contributed by atoms with Crippen molar-refractivity contribution < 1.29 is 34.0 Å². The molecule has 1 amide bonds. The molecule has 3 rings (SSSR count). The zero-order chi connectivity index (χ0) is 25.8. The molecule has 0 aliphatic heterocycles. The van der Waals surface area contributed by atoms with Crippen molar-refractivity contribution in [3.8, 4) is 11.5 Å². The van der Waals surface area contributed by atoms with Gasteiger partial charge >= 0.3 is 12.1 Å². The van der Waals surface area contributed by atoms with Crippen LogP contribution in [0.3, 0.4) is 0 Å². The van der Waals surface area contributed by atoms with Gasteiger partial charge in [0.2, 0.25) is 0 Å². The molecule has 0 aliphatic carbocycles. The molecule has 3 aromatic rings. The second-order valence-electron chi connectivity index (χ2n) is 7.41. The molecule has 0 saturated carbocycles. The molecule has 36 heavy (non-hydrogen) atoms. The standard InChI is InChI=1S/C27H27NO7S/c1-36-23-13-9-20(10-14-23)28-27(32)35-26(19-7-11-21(12-8-19)33-18-17-29)24(15-16-25(30)31)34-22-5-3-2-4-6-22/h2-16,24,26,29H,17-18H2,1H3,(H,28,32)(H,30,31)/b16-15+/t24-,26-/m0/s1. The smallest absolute Gasteiger partial charge is 0.412 e. The number of carbonyl (C=O) groups is 2. The van der Waals surface area contributed by atoms with Crippen LogP contribution in [-0.2, 0) is 9.53 Å². The van der Waals surface area contributed by atoms with Gasteiger partial charge in [0.15, 0.2) is 12.2 Å². The van der Waals surface area contributed by atoms with Gasteiger partial charge in [0.05, 0.1) is 6.61 Å². The van der Waals surface area contributed by atoms with Crippen LogP contribution in [0.15, 0.2) is 95.9 Å². The zero-order valence-electron chi connectivity index (χ0n) is 19.6. The fourth-order valence-corrected chi connectivity index (χ4v) is 3.62. The lowest BCUT2D eigenvalue weighted by molar-refractivity contribution is -0.131. The van der Waals surface area contributed by atoms with Crippen LogP contribution in [-0.4, -0.2) is 47.8 Å². The summed E-state index contributed by atoms with van der Waals surface area (Å²) in [6.07, 6.45) is 1.54. The molecular weight excluding hydrogens is 482 g/mol. The Morgan fingerprint density at radius 2 is 1.67 bits per heavy atom. The van der Waals surface area contributed by atoms with Crippen LogP contribution in [0, 0.1) is 0 Å². The second-order valence-corrected chi connectivity index (χ2v) is 8.29. The van der Waals surface area contributed by atoms with Crippen molar-refractivity contribution in [1.29, 1.82) is 0 Å². The molecule has 9 heteroatoms. The van der Waals surface area contributed by atoms with E-state index in [9.17, 15) is 14.7 Å². The van der Waals surface area contributed by atoms with E-state index < -0.39 is 24.3 Å². The van der Waals surface area contributed by atoms with Crippen LogP contribution in [0.1, 0.15) is 11.7 Å². The SMILES string of the molecule is CSc1ccc(NC(=O)O[C@@H](c2ccc(OCCO)cc2)[C@H](/C=C/C(=O)O)Oc2ccccc2)cc1. The summed E-state index contributed by atoms with van der Waals surface area (Å²) in [4.78, 5) is 25.2. The Morgan fingerprint density at radius 1 is 0.972 bits per heavy atom. The number of hydrogen-bond donors (Lipinski definition) is 3. The largest absolute Gasteiger partial charge is 0.491 e. The molecule has 0 saturated heterocycles. The molecule has 0 aliphatic rings. The number of para-hydroxylation sites is 1. The molecule has 3 N–H and O–H groups in total. The molecule has 2 atom stereocenters. The van der Waals surface area contributed by atoms with Gasteiger partial charge in [-0.05, 0) is 66.4 Å². The number of aliphatic hydroxyl groups excluding tert-OH is 1. The van der Waals surface area contributed by atoms with E-state index in [2.05, 4.69) is 5.32 Å². The number of amides is 1. The summed E-state index contributed by atoms with van der Waals surface area (Å²) in [5, 5.41) is 20.9. The van der Waals surface area contributed by atoms with Crippen molar-refractivity contribution >= 4 is 29.5 Å². The summed E-state index contributed by atoms with van der Waals surface area (Å²) in [5.74, 6) is -0.171. The number of anilines is 1. The fourth-order valence-electron chi connectivity index (χ4n) is 3.21. The summed E-state index contributed by atoms with van der Waals surface area (Å²) >= 11 is 1.58. The molecular formula is C27H27NO7S. The normalized spacial score (nSPS) is 12.5. The lowest BCUT2D eigenvalue weighted by Crippen LogP contribution is -2.29. The number of benzene rings is 3. The van der Waals surface area contributed by atoms with Crippen molar-refractivity contribution in [2.75, 3.05) is 24.8 Å². The van der Waals surface area contributed by atoms with E-state index in [-0.39, 0.29) is 13.2 Å². The molecule has 0 fully saturated rings. The van der Waals surface area contributed by atoms with Crippen molar-refractivity contribution in [2.45, 2.75) is 17.1 Å². The third-order valence-electron chi connectivity index (χ3n) is 4.88. The Bertz CT molecular complexity index is 1140. The molecule has 0 spiro atoms. The van der Waals surface area contributed by atoms with E-state index in [0.717, 1.165) is 11.0 Å². The van der Waals surface area contributed by atoms with Crippen LogP contribution >= 0.6 is 11.8 Å². The minimum Gasteiger partial charge on any atom is -0.491 e. The highest BCUT2D eigenvalue weighted by molar-refractivity contribution is 7.98. The number of hydrogen-bond acceptors (Lipinski definition) is 7. The number of ether oxygens (including phenoxy) is 3. The van der Waals surface area contributed by atoms with Gasteiger partial charge in [-0.15, -0.1) is 11.8 Å². The maximum absolute atomic E-state index is 12.9. The van der Waals surface area contributed by atoms with Crippen LogP contribution in [0.25, 0.3) is 0 Å². The van der Waals surface area contributed by atoms with Gasteiger partial charge in [0.1, 0.15) is 18.1 Å². The fraction of sp³-hybridized carbons (Fsp3) is 0.185. The van der Waals surface area contributed by atoms with E-state index in [1.807, 2.05) is 24.5 Å². The summed E-state index contributed by atoms with van der Waals surface area (Å²) in [5.41, 5.74) is 1.10. The maximum Gasteiger partial charge on any atom is 0.412 e. The Kier molecular flexibility index (Phi) is 10.2. The highest BCUT2D eigenvalue weighted by Gasteiger charge is 2.28. The monoisotopic (exact) mass is 509 g/mol. The molecule has 0 heterocycles. The topological polar surface area (TPSA) is 114 Å². The average molecular weight is 510 g/mol. The quantitative estimate of drug-likeness (QED) is 0.227. The van der Waals surface area contributed by atoms with Gasteiger partial charge in [0.25, 0.3) is 0 Å². The van der Waals surface area contributed by atoms with E-state index in [0.29, 0.717) is 22.7 Å². The first kappa shape index (κ1) is 26.7. The third-order valence-corrected chi connectivity index (χ3v) is 5.62. The van der Waals surface area contributed by atoms with E-state index >= 15 is 0 Å². The van der Waals surface area contributed by atoms with Crippen molar-refractivity contribution in [2.24, 2.45) is 0 Å². The molecule has 0 unspecified atom stereocenters. The summed E-state index contributed by atoms with van der Waals surface area (Å²) in [6.45, 7) is 0.0106. The number of carboxylic acids is 1. The van der Waals surface area contributed by atoms with E-state index in [1.54, 1.807) is 72.4 Å². The minimum atomic E-state index is -1.17. The predicted octanol–water partition coefficient (Wildman–Crippen LogP) is 5.16. The molecule has 188 valence electrons. The number of carbonyl (C=O) groups excluding carboxylic acids is 1. The van der Waals surface area contributed by atoms with Gasteiger partial charge in [-0.25, -0.2) is 9.59 Å². The van der Waals surface area contributed by atoms with Crippen LogP contribution in [0.4, 0.5) is 10.5 Å².